The van der Waals surface area contributed by atoms with E-state index < -0.39 is 83.9 Å². The molecule has 7 atom stereocenters. The van der Waals surface area contributed by atoms with Crippen LogP contribution in [-0.2, 0) is 59.4 Å². The molecule has 2 aliphatic rings. The molecule has 0 radical (unpaired) electrons. The summed E-state index contributed by atoms with van der Waals surface area (Å²) in [6.07, 6.45) is 1.01. The zero-order valence-electron chi connectivity index (χ0n) is 42.9. The molecule has 2 aliphatic heterocycles. The van der Waals surface area contributed by atoms with E-state index in [-0.39, 0.29) is 45.2 Å². The van der Waals surface area contributed by atoms with Crippen molar-refractivity contribution in [3.63, 3.8) is 0 Å². The van der Waals surface area contributed by atoms with E-state index in [1.807, 2.05) is 60.7 Å². The first-order valence-electron chi connectivity index (χ1n) is 26.2. The van der Waals surface area contributed by atoms with Crippen molar-refractivity contribution in [3.05, 3.63) is 174 Å². The number of nitrogens with one attached hydrogen (secondary N) is 7. The van der Waals surface area contributed by atoms with Gasteiger partial charge in [0.15, 0.2) is 0 Å². The van der Waals surface area contributed by atoms with Gasteiger partial charge >= 0.3 is 6.09 Å². The smallest absolute Gasteiger partial charge is 0.407 e. The van der Waals surface area contributed by atoms with E-state index in [0.717, 1.165) is 16.5 Å². The minimum atomic E-state index is -1.40. The van der Waals surface area contributed by atoms with Crippen molar-refractivity contribution < 1.29 is 54.5 Å². The maximum Gasteiger partial charge on any atom is 0.407 e. The number of carbonyl (C=O) groups is 7. The van der Waals surface area contributed by atoms with E-state index in [2.05, 4.69) is 48.4 Å². The number of H-pyrrole nitrogens is 1. The first-order valence-corrected chi connectivity index (χ1v) is 26.2. The van der Waals surface area contributed by atoms with Crippen molar-refractivity contribution in [2.24, 2.45) is 0 Å². The van der Waals surface area contributed by atoms with Gasteiger partial charge in [0.25, 0.3) is 0 Å². The summed E-state index contributed by atoms with van der Waals surface area (Å²) in [5.41, 5.74) is 11.9. The van der Waals surface area contributed by atoms with Gasteiger partial charge in [-0.1, -0.05) is 121 Å². The molecule has 7 amide bonds. The van der Waals surface area contributed by atoms with Crippen LogP contribution in [0.5, 0.6) is 5.75 Å². The van der Waals surface area contributed by atoms with Gasteiger partial charge in [-0.05, 0) is 65.3 Å². The van der Waals surface area contributed by atoms with Crippen molar-refractivity contribution in [2.45, 2.75) is 93.9 Å². The third-order valence-corrected chi connectivity index (χ3v) is 13.7. The summed E-state index contributed by atoms with van der Waals surface area (Å²) in [5, 5.41) is 18.0. The van der Waals surface area contributed by atoms with E-state index in [0.29, 0.717) is 60.5 Å². The molecule has 0 saturated carbocycles. The summed E-state index contributed by atoms with van der Waals surface area (Å²) in [4.78, 5) is 108. The number of carbonyl (C=O) groups excluding carboxylic acids is 7. The number of para-hydroxylation sites is 1. The Morgan fingerprint density at radius 2 is 1.17 bits per heavy atom. The first-order chi connectivity index (χ1) is 37.5. The van der Waals surface area contributed by atoms with Crippen molar-refractivity contribution in [3.8, 4) is 5.75 Å². The van der Waals surface area contributed by atoms with E-state index in [1.165, 1.54) is 4.90 Å². The number of rotatable bonds is 17. The monoisotopic (exact) mass is 1050 g/mol. The Morgan fingerprint density at radius 3 is 1.87 bits per heavy atom. The van der Waals surface area contributed by atoms with Crippen LogP contribution in [0.1, 0.15) is 59.5 Å². The number of unbranched alkanes of at least 4 members (excludes halogenated alkanes) is 1. The summed E-state index contributed by atoms with van der Waals surface area (Å²) in [7, 11) is 0. The molecule has 0 unspecified atom stereocenters. The number of hydrogen-bond acceptors (Lipinski definition) is 9. The van der Waals surface area contributed by atoms with Crippen LogP contribution in [0, 0.1) is 0 Å². The van der Waals surface area contributed by atoms with Gasteiger partial charge in [0.1, 0.15) is 54.7 Å². The number of alkyl carbamates (subject to hydrolysis) is 1. The van der Waals surface area contributed by atoms with Gasteiger partial charge < -0.3 is 62.7 Å². The van der Waals surface area contributed by atoms with Crippen LogP contribution < -0.4 is 48.1 Å². The highest BCUT2D eigenvalue weighted by Gasteiger charge is 2.45. The Kier molecular flexibility index (Phi) is 19.0. The predicted molar refractivity (Wildman–Crippen MR) is 286 cm³/mol. The molecule has 3 heterocycles. The summed E-state index contributed by atoms with van der Waals surface area (Å²) in [5.74, 6) is -3.65. The molecule has 13 N–H and O–H groups in total. The second-order valence-corrected chi connectivity index (χ2v) is 19.4. The van der Waals surface area contributed by atoms with Gasteiger partial charge in [-0.25, -0.2) is 4.79 Å². The third-order valence-electron chi connectivity index (χ3n) is 13.7. The molecular formula is C58H68N10O9+2. The van der Waals surface area contributed by atoms with Crippen LogP contribution >= 0.6 is 0 Å². The maximum absolute atomic E-state index is 15.3. The molecule has 0 bridgehead atoms. The molecule has 19 nitrogen and oxygen atoms in total. The number of aromatic nitrogens is 1. The average Bonchev–Trinajstić information content (AvgIpc) is 4.08. The van der Waals surface area contributed by atoms with Crippen molar-refractivity contribution >= 4 is 52.4 Å². The fraction of sp³-hybridized carbons (Fsp3) is 0.328. The number of amides is 7. The summed E-state index contributed by atoms with van der Waals surface area (Å²) in [6.45, 7) is 1.26. The van der Waals surface area contributed by atoms with E-state index in [4.69, 9.17) is 9.47 Å². The number of nitrogens with zero attached hydrogens (tertiary/aromatic N) is 1. The molecule has 402 valence electrons. The number of quaternary nitrogens is 2. The normalized spacial score (nSPS) is 21.6. The Bertz CT molecular complexity index is 2960. The Balaban J connectivity index is 1.19. The zero-order valence-corrected chi connectivity index (χ0v) is 42.9. The first kappa shape index (κ1) is 54.7. The highest BCUT2D eigenvalue weighted by molar-refractivity contribution is 5.99. The Labute approximate surface area is 446 Å². The van der Waals surface area contributed by atoms with Crippen LogP contribution in [0.25, 0.3) is 10.9 Å². The molecule has 2 saturated heterocycles. The molecule has 19 heteroatoms. The second kappa shape index (κ2) is 26.8. The third kappa shape index (κ3) is 14.9. The molecular weight excluding hydrogens is 981 g/mol. The number of hydrogen-bond donors (Lipinski definition) is 9. The fourth-order valence-electron chi connectivity index (χ4n) is 9.70. The predicted octanol–water partition coefficient (Wildman–Crippen LogP) is 1.93. The van der Waals surface area contributed by atoms with Crippen molar-refractivity contribution in [2.75, 3.05) is 26.2 Å². The van der Waals surface area contributed by atoms with Gasteiger partial charge in [0, 0.05) is 42.8 Å². The molecule has 8 rings (SSSR count). The lowest BCUT2D eigenvalue weighted by molar-refractivity contribution is -0.368. The van der Waals surface area contributed by atoms with Gasteiger partial charge in [0.05, 0.1) is 26.2 Å². The zero-order chi connectivity index (χ0) is 54.1. The molecule has 0 aliphatic carbocycles. The van der Waals surface area contributed by atoms with E-state index in [1.54, 1.807) is 85.1 Å². The minimum absolute atomic E-state index is 0.0246. The van der Waals surface area contributed by atoms with E-state index >= 15 is 9.59 Å². The largest absolute Gasteiger partial charge is 0.489 e. The summed E-state index contributed by atoms with van der Waals surface area (Å²) >= 11 is 0. The van der Waals surface area contributed by atoms with Crippen LogP contribution in [-0.4, -0.2) is 114 Å². The van der Waals surface area contributed by atoms with Gasteiger partial charge in [-0.2, -0.15) is 0 Å². The number of benzene rings is 5. The topological polar surface area (TPSA) is 284 Å². The number of ether oxygens (including phenoxy) is 2. The van der Waals surface area contributed by atoms with Gasteiger partial charge in [0.2, 0.25) is 35.4 Å². The standard InChI is InChI=1S/C58H66N10O9/c59-27-13-12-22-46-52(69)64-47(30-38-23-25-42(26-24-38)76-36-39-16-6-2-7-17-39)53(70)66-49(31-37-14-4-1-5-15-37)57(74)68-35-43(77-58(75)61-29-28-60)33-50(68)55(72)67-51(40-18-8-3-9-19-40)56(73)65-48(54(71)63-46)32-41-34-62-45-21-11-10-20-44(41)45/h1-11,14-21,23-26,34,43,46-51,62H,12-13,22,27-33,35-36,59-60H2,(H,61,75)(H,63,71)(H,64,69)(H,65,73)(H,66,70)(H,67,72)/p+2/t43-,46+,47+,48-,49+,50+,51+/m1/s1. The lowest BCUT2D eigenvalue weighted by Crippen LogP contribution is -2.61. The summed E-state index contributed by atoms with van der Waals surface area (Å²) < 4.78 is 11.8. The van der Waals surface area contributed by atoms with Crippen LogP contribution in [0.15, 0.2) is 146 Å². The maximum atomic E-state index is 15.3. The van der Waals surface area contributed by atoms with Gasteiger partial charge in [-0.15, -0.1) is 0 Å². The number of fused-ring (bicyclic) bond motifs is 2. The quantitative estimate of drug-likeness (QED) is 0.0603. The van der Waals surface area contributed by atoms with Crippen molar-refractivity contribution in [1.29, 1.82) is 0 Å². The molecule has 77 heavy (non-hydrogen) atoms. The molecule has 5 aromatic carbocycles. The molecule has 1 aromatic heterocycles. The van der Waals surface area contributed by atoms with E-state index in [9.17, 15) is 24.0 Å². The summed E-state index contributed by atoms with van der Waals surface area (Å²) in [6, 6.07) is 33.9. The lowest BCUT2D eigenvalue weighted by atomic mass is 9.99. The lowest BCUT2D eigenvalue weighted by Gasteiger charge is -2.32. The number of aromatic amines is 1. The van der Waals surface area contributed by atoms with Crippen molar-refractivity contribution in [1.82, 2.24) is 41.8 Å². The minimum Gasteiger partial charge on any atom is -0.489 e. The van der Waals surface area contributed by atoms with Crippen LogP contribution in [0.2, 0.25) is 0 Å². The second-order valence-electron chi connectivity index (χ2n) is 19.4. The molecule has 2 fully saturated rings. The fourth-order valence-corrected chi connectivity index (χ4v) is 9.70. The van der Waals surface area contributed by atoms with Gasteiger partial charge in [-0.3, -0.25) is 28.8 Å². The Hall–Kier alpha value is -8.55. The molecule has 6 aromatic rings. The SMILES string of the molecule is [NH3+]CCCC[C@@H]1NC(=O)[C@@H](Cc2c[nH]c3ccccc23)NC(=O)[C@H](c2ccccc2)NC(=O)[C@@H]2C[C@@H](OC(=O)NCC[NH3+])CN2C(=O)[C@H](Cc2ccccc2)NC(=O)[C@H](Cc2ccc(OCc3ccccc3)cc2)NC1=O. The van der Waals surface area contributed by atoms with Crippen LogP contribution in [0.4, 0.5) is 4.79 Å². The Morgan fingerprint density at radius 1 is 0.584 bits per heavy atom. The van der Waals surface area contributed by atoms with Crippen LogP contribution in [0.3, 0.4) is 0 Å². The average molecular weight is 1050 g/mol. The molecule has 0 spiro atoms. The highest BCUT2D eigenvalue weighted by atomic mass is 16.6. The highest BCUT2D eigenvalue weighted by Crippen LogP contribution is 2.26.